The summed E-state index contributed by atoms with van der Waals surface area (Å²) in [5, 5.41) is 5.91. The third-order valence-corrected chi connectivity index (χ3v) is 5.96. The van der Waals surface area contributed by atoms with Crippen LogP contribution in [-0.2, 0) is 9.59 Å². The first kappa shape index (κ1) is 17.2. The number of amides is 4. The summed E-state index contributed by atoms with van der Waals surface area (Å²) in [6.07, 6.45) is 9.93. The molecule has 0 unspecified atom stereocenters. The lowest BCUT2D eigenvalue weighted by atomic mass is 9.86. The van der Waals surface area contributed by atoms with Gasteiger partial charge in [0.25, 0.3) is 5.91 Å². The van der Waals surface area contributed by atoms with E-state index in [4.69, 9.17) is 0 Å². The zero-order valence-corrected chi connectivity index (χ0v) is 14.6. The van der Waals surface area contributed by atoms with Gasteiger partial charge in [-0.25, -0.2) is 4.79 Å². The van der Waals surface area contributed by atoms with Crippen molar-refractivity contribution in [1.82, 2.24) is 15.5 Å². The quantitative estimate of drug-likeness (QED) is 0.777. The molecule has 0 aromatic carbocycles. The van der Waals surface area contributed by atoms with Crippen LogP contribution in [-0.4, -0.2) is 40.9 Å². The molecule has 24 heavy (non-hydrogen) atoms. The molecular weight excluding hydrogens is 306 g/mol. The van der Waals surface area contributed by atoms with Gasteiger partial charge in [-0.3, -0.25) is 14.5 Å². The Morgan fingerprint density at radius 2 is 1.79 bits per heavy atom. The average Bonchev–Trinajstić information content (AvgIpc) is 2.73. The van der Waals surface area contributed by atoms with Gasteiger partial charge in [0.15, 0.2) is 0 Å². The van der Waals surface area contributed by atoms with Crippen molar-refractivity contribution in [2.45, 2.75) is 82.7 Å². The molecule has 0 bridgehead atoms. The summed E-state index contributed by atoms with van der Waals surface area (Å²) in [6, 6.07) is -0.243. The Kier molecular flexibility index (Phi) is 5.11. The molecule has 4 amide bonds. The molecular formula is C18H29N3O3. The van der Waals surface area contributed by atoms with Gasteiger partial charge in [0.2, 0.25) is 5.91 Å². The van der Waals surface area contributed by atoms with Crippen molar-refractivity contribution in [3.8, 4) is 0 Å². The first-order chi connectivity index (χ1) is 11.5. The lowest BCUT2D eigenvalue weighted by Gasteiger charge is -2.30. The maximum Gasteiger partial charge on any atom is 0.325 e. The van der Waals surface area contributed by atoms with E-state index in [2.05, 4.69) is 17.6 Å². The Balaban J connectivity index is 1.61. The van der Waals surface area contributed by atoms with E-state index in [1.165, 1.54) is 6.42 Å². The Bertz CT molecular complexity index is 512. The number of carbonyl (C=O) groups excluding carboxylic acids is 3. The molecule has 1 spiro atoms. The molecule has 3 rings (SSSR count). The summed E-state index contributed by atoms with van der Waals surface area (Å²) in [7, 11) is 0. The Morgan fingerprint density at radius 1 is 1.12 bits per heavy atom. The summed E-state index contributed by atoms with van der Waals surface area (Å²) in [5.41, 5.74) is -0.758. The molecule has 134 valence electrons. The first-order valence-electron chi connectivity index (χ1n) is 9.45. The van der Waals surface area contributed by atoms with E-state index in [0.717, 1.165) is 49.8 Å². The van der Waals surface area contributed by atoms with E-state index >= 15 is 0 Å². The third-order valence-electron chi connectivity index (χ3n) is 5.96. The van der Waals surface area contributed by atoms with Crippen LogP contribution >= 0.6 is 0 Å². The van der Waals surface area contributed by atoms with E-state index in [1.54, 1.807) is 0 Å². The van der Waals surface area contributed by atoms with Gasteiger partial charge >= 0.3 is 6.03 Å². The van der Waals surface area contributed by atoms with Crippen LogP contribution in [0.4, 0.5) is 4.79 Å². The van der Waals surface area contributed by atoms with Gasteiger partial charge in [0, 0.05) is 6.04 Å². The number of hydrogen-bond donors (Lipinski definition) is 2. The van der Waals surface area contributed by atoms with Gasteiger partial charge in [-0.15, -0.1) is 0 Å². The highest BCUT2D eigenvalue weighted by molar-refractivity contribution is 6.09. The summed E-state index contributed by atoms with van der Waals surface area (Å²) >= 11 is 0. The monoisotopic (exact) mass is 335 g/mol. The van der Waals surface area contributed by atoms with Crippen LogP contribution in [0.5, 0.6) is 0 Å². The van der Waals surface area contributed by atoms with Crippen LogP contribution in [0, 0.1) is 5.92 Å². The maximum absolute atomic E-state index is 12.8. The van der Waals surface area contributed by atoms with E-state index in [1.807, 2.05) is 0 Å². The van der Waals surface area contributed by atoms with Gasteiger partial charge in [0.1, 0.15) is 12.1 Å². The molecule has 1 heterocycles. The van der Waals surface area contributed by atoms with Crippen LogP contribution in [0.25, 0.3) is 0 Å². The molecule has 3 aliphatic rings. The summed E-state index contributed by atoms with van der Waals surface area (Å²) in [5.74, 6) is 0.0307. The second kappa shape index (κ2) is 7.11. The fraction of sp³-hybridized carbons (Fsp3) is 0.833. The average molecular weight is 335 g/mol. The number of hydrogen-bond acceptors (Lipinski definition) is 3. The number of urea groups is 1. The predicted octanol–water partition coefficient (Wildman–Crippen LogP) is 2.33. The van der Waals surface area contributed by atoms with Crippen molar-refractivity contribution < 1.29 is 14.4 Å². The third kappa shape index (κ3) is 3.42. The minimum atomic E-state index is -0.758. The van der Waals surface area contributed by atoms with Gasteiger partial charge < -0.3 is 10.6 Å². The second-order valence-electron chi connectivity index (χ2n) is 7.75. The summed E-state index contributed by atoms with van der Waals surface area (Å²) in [6.45, 7) is 1.99. The van der Waals surface area contributed by atoms with Gasteiger partial charge in [0.05, 0.1) is 0 Å². The first-order valence-corrected chi connectivity index (χ1v) is 9.45. The molecule has 2 atom stereocenters. The zero-order valence-electron chi connectivity index (χ0n) is 14.6. The summed E-state index contributed by atoms with van der Waals surface area (Å²) < 4.78 is 0. The molecule has 6 nitrogen and oxygen atoms in total. The number of imide groups is 1. The molecule has 3 fully saturated rings. The molecule has 1 aliphatic heterocycles. The van der Waals surface area contributed by atoms with Crippen LogP contribution in [0.1, 0.15) is 71.1 Å². The van der Waals surface area contributed by atoms with E-state index in [0.29, 0.717) is 18.8 Å². The topological polar surface area (TPSA) is 78.5 Å². The van der Waals surface area contributed by atoms with Crippen molar-refractivity contribution in [3.05, 3.63) is 0 Å². The second-order valence-corrected chi connectivity index (χ2v) is 7.75. The van der Waals surface area contributed by atoms with E-state index in [-0.39, 0.29) is 24.4 Å². The van der Waals surface area contributed by atoms with Crippen LogP contribution in [0.3, 0.4) is 0 Å². The smallest absolute Gasteiger partial charge is 0.325 e. The van der Waals surface area contributed by atoms with Gasteiger partial charge in [-0.2, -0.15) is 0 Å². The molecule has 2 N–H and O–H groups in total. The molecule has 0 aromatic rings. The molecule has 6 heteroatoms. The predicted molar refractivity (Wildman–Crippen MR) is 90.2 cm³/mol. The highest BCUT2D eigenvalue weighted by Crippen LogP contribution is 2.32. The zero-order chi connectivity index (χ0) is 17.2. The van der Waals surface area contributed by atoms with Gasteiger partial charge in [-0.05, 0) is 31.6 Å². The Labute approximate surface area is 143 Å². The van der Waals surface area contributed by atoms with E-state index in [9.17, 15) is 14.4 Å². The summed E-state index contributed by atoms with van der Waals surface area (Å²) in [4.78, 5) is 38.6. The minimum absolute atomic E-state index is 0.157. The van der Waals surface area contributed by atoms with Gasteiger partial charge in [-0.1, -0.05) is 45.4 Å². The molecule has 0 radical (unpaired) electrons. The van der Waals surface area contributed by atoms with E-state index < -0.39 is 11.6 Å². The largest absolute Gasteiger partial charge is 0.352 e. The van der Waals surface area contributed by atoms with Crippen molar-refractivity contribution in [1.29, 1.82) is 0 Å². The highest BCUT2D eigenvalue weighted by atomic mass is 16.2. The number of rotatable bonds is 3. The Morgan fingerprint density at radius 3 is 2.46 bits per heavy atom. The molecule has 2 aliphatic carbocycles. The molecule has 2 saturated carbocycles. The maximum atomic E-state index is 12.8. The van der Waals surface area contributed by atoms with Crippen molar-refractivity contribution in [2.75, 3.05) is 6.54 Å². The van der Waals surface area contributed by atoms with Crippen LogP contribution in [0.2, 0.25) is 0 Å². The molecule has 0 aromatic heterocycles. The van der Waals surface area contributed by atoms with Crippen molar-refractivity contribution in [3.63, 3.8) is 0 Å². The molecule has 1 saturated heterocycles. The minimum Gasteiger partial charge on any atom is -0.352 e. The number of carbonyl (C=O) groups is 3. The number of nitrogens with one attached hydrogen (secondary N) is 2. The fourth-order valence-electron chi connectivity index (χ4n) is 4.42. The normalized spacial score (nSPS) is 30.1. The van der Waals surface area contributed by atoms with Crippen LogP contribution in [0.15, 0.2) is 0 Å². The number of nitrogens with zero attached hydrogens (tertiary/aromatic N) is 1. The SMILES string of the molecule is C[C@H]1CCCC[C@H]1NC(=O)CN1C(=O)NC2(CCCCCC2)C1=O. The van der Waals surface area contributed by atoms with Crippen LogP contribution < -0.4 is 10.6 Å². The Hall–Kier alpha value is -1.59. The lowest BCUT2D eigenvalue weighted by molar-refractivity contribution is -0.135. The van der Waals surface area contributed by atoms with Crippen molar-refractivity contribution >= 4 is 17.8 Å². The fourth-order valence-corrected chi connectivity index (χ4v) is 4.42. The standard InChI is InChI=1S/C18H29N3O3/c1-13-8-4-5-9-14(13)19-15(22)12-21-16(23)18(20-17(21)24)10-6-2-3-7-11-18/h13-14H,2-12H2,1H3,(H,19,22)(H,20,24)/t13-,14+/m0/s1. The highest BCUT2D eigenvalue weighted by Gasteiger charge is 2.51. The van der Waals surface area contributed by atoms with Crippen molar-refractivity contribution in [2.24, 2.45) is 5.92 Å². The lowest BCUT2D eigenvalue weighted by Crippen LogP contribution is -2.49.